The summed E-state index contributed by atoms with van der Waals surface area (Å²) in [6, 6.07) is 9.65. The lowest BCUT2D eigenvalue weighted by molar-refractivity contribution is 0.144. The van der Waals surface area contributed by atoms with Crippen molar-refractivity contribution in [1.29, 1.82) is 0 Å². The van der Waals surface area contributed by atoms with Crippen molar-refractivity contribution in [2.75, 3.05) is 6.26 Å². The van der Waals surface area contributed by atoms with Crippen molar-refractivity contribution in [3.8, 4) is 11.4 Å². The number of tetrazole rings is 1. The highest BCUT2D eigenvalue weighted by molar-refractivity contribution is 7.90. The first-order valence-electron chi connectivity index (χ1n) is 7.10. The fourth-order valence-corrected chi connectivity index (χ4v) is 2.76. The summed E-state index contributed by atoms with van der Waals surface area (Å²) >= 11 is 0. The van der Waals surface area contributed by atoms with Gasteiger partial charge in [0.15, 0.2) is 9.84 Å². The summed E-state index contributed by atoms with van der Waals surface area (Å²) in [7, 11) is -3.26. The second-order valence-electron chi connectivity index (χ2n) is 5.27. The van der Waals surface area contributed by atoms with Crippen LogP contribution in [0.15, 0.2) is 53.7 Å². The highest BCUT2D eigenvalue weighted by Gasteiger charge is 2.14. The van der Waals surface area contributed by atoms with Crippen molar-refractivity contribution in [3.05, 3.63) is 54.4 Å². The molecule has 3 aromatic rings. The van der Waals surface area contributed by atoms with Gasteiger partial charge in [-0.1, -0.05) is 12.1 Å². The van der Waals surface area contributed by atoms with Gasteiger partial charge in [-0.25, -0.2) is 8.42 Å². The van der Waals surface area contributed by atoms with Crippen LogP contribution in [0.25, 0.3) is 11.4 Å². The topological polar surface area (TPSA) is 111 Å². The minimum absolute atomic E-state index is 0.103. The number of sulfone groups is 1. The molecule has 0 saturated heterocycles. The Balaban J connectivity index is 1.73. The normalized spacial score (nSPS) is 12.9. The third-order valence-corrected chi connectivity index (χ3v) is 4.53. The predicted octanol–water partition coefficient (Wildman–Crippen LogP) is 0.872. The van der Waals surface area contributed by atoms with Gasteiger partial charge in [0.1, 0.15) is 6.10 Å². The van der Waals surface area contributed by atoms with Gasteiger partial charge < -0.3 is 5.11 Å². The fraction of sp³-hybridized carbons (Fsp3) is 0.200. The molecule has 0 amide bonds. The average molecular weight is 345 g/mol. The maximum absolute atomic E-state index is 11.4. The van der Waals surface area contributed by atoms with E-state index in [-0.39, 0.29) is 11.4 Å². The molecule has 1 N–H and O–H groups in total. The lowest BCUT2D eigenvalue weighted by Gasteiger charge is -2.10. The average Bonchev–Trinajstić information content (AvgIpc) is 3.03. The van der Waals surface area contributed by atoms with Crippen LogP contribution < -0.4 is 0 Å². The molecule has 0 saturated carbocycles. The highest BCUT2D eigenvalue weighted by Crippen LogP contribution is 2.18. The zero-order valence-electron chi connectivity index (χ0n) is 12.8. The van der Waals surface area contributed by atoms with Crippen LogP contribution >= 0.6 is 0 Å². The minimum Gasteiger partial charge on any atom is -0.386 e. The Bertz CT molecular complexity index is 923. The molecule has 24 heavy (non-hydrogen) atoms. The summed E-state index contributed by atoms with van der Waals surface area (Å²) in [5, 5.41) is 22.3. The molecule has 2 aromatic heterocycles. The highest BCUT2D eigenvalue weighted by atomic mass is 32.2. The third kappa shape index (κ3) is 3.63. The summed E-state index contributed by atoms with van der Waals surface area (Å²) < 4.78 is 22.9. The molecule has 9 heteroatoms. The van der Waals surface area contributed by atoms with Crippen LogP contribution in [-0.4, -0.2) is 45.0 Å². The first kappa shape index (κ1) is 16.2. The summed E-state index contributed by atoms with van der Waals surface area (Å²) in [4.78, 5) is 5.49. The fourth-order valence-electron chi connectivity index (χ4n) is 2.13. The standard InChI is InChI=1S/C15H15N5O3S/c1-24(22,23)13-6-4-11(5-7-13)14(21)10-20-18-15(17-19-20)12-3-2-8-16-9-12/h2-9,14,21H,10H2,1H3/t14-/m1/s1. The SMILES string of the molecule is CS(=O)(=O)c1ccc([C@H](O)Cn2nnc(-c3cccnc3)n2)cc1. The first-order chi connectivity index (χ1) is 11.4. The molecule has 0 bridgehead atoms. The maximum atomic E-state index is 11.4. The lowest BCUT2D eigenvalue weighted by atomic mass is 10.1. The van der Waals surface area contributed by atoms with E-state index >= 15 is 0 Å². The van der Waals surface area contributed by atoms with Crippen LogP contribution in [0.1, 0.15) is 11.7 Å². The van der Waals surface area contributed by atoms with E-state index in [0.29, 0.717) is 11.4 Å². The van der Waals surface area contributed by atoms with Gasteiger partial charge in [0.25, 0.3) is 0 Å². The number of aromatic nitrogens is 5. The van der Waals surface area contributed by atoms with E-state index < -0.39 is 15.9 Å². The molecule has 0 aliphatic heterocycles. The zero-order valence-corrected chi connectivity index (χ0v) is 13.6. The molecule has 124 valence electrons. The zero-order chi connectivity index (χ0) is 17.2. The molecule has 1 aromatic carbocycles. The molecule has 8 nitrogen and oxygen atoms in total. The lowest BCUT2D eigenvalue weighted by Crippen LogP contribution is -2.12. The number of aliphatic hydroxyl groups excluding tert-OH is 1. The molecule has 0 fully saturated rings. The molecule has 3 rings (SSSR count). The van der Waals surface area contributed by atoms with Gasteiger partial charge in [0, 0.05) is 24.2 Å². The Morgan fingerprint density at radius 2 is 1.96 bits per heavy atom. The summed E-state index contributed by atoms with van der Waals surface area (Å²) in [5.41, 5.74) is 1.30. The number of nitrogens with zero attached hydrogens (tertiary/aromatic N) is 5. The Labute approximate surface area is 138 Å². The van der Waals surface area contributed by atoms with Crippen LogP contribution in [-0.2, 0) is 16.4 Å². The number of hydrogen-bond acceptors (Lipinski definition) is 7. The Hall–Kier alpha value is -2.65. The van der Waals surface area contributed by atoms with Crippen LogP contribution in [0.5, 0.6) is 0 Å². The molecule has 0 unspecified atom stereocenters. The second kappa shape index (κ2) is 6.46. The molecule has 0 aliphatic carbocycles. The second-order valence-corrected chi connectivity index (χ2v) is 7.28. The van der Waals surface area contributed by atoms with Crippen LogP contribution in [0, 0.1) is 0 Å². The van der Waals surface area contributed by atoms with E-state index in [9.17, 15) is 13.5 Å². The largest absolute Gasteiger partial charge is 0.386 e. The van der Waals surface area contributed by atoms with Gasteiger partial charge in [-0.05, 0) is 35.0 Å². The van der Waals surface area contributed by atoms with Crippen molar-refractivity contribution in [1.82, 2.24) is 25.2 Å². The number of rotatable bonds is 5. The van der Waals surface area contributed by atoms with Gasteiger partial charge in [0.2, 0.25) is 5.82 Å². The summed E-state index contributed by atoms with van der Waals surface area (Å²) in [5.74, 6) is 0.419. The van der Waals surface area contributed by atoms with Crippen molar-refractivity contribution < 1.29 is 13.5 Å². The smallest absolute Gasteiger partial charge is 0.206 e. The molecule has 1 atom stereocenters. The van der Waals surface area contributed by atoms with Gasteiger partial charge in [-0.15, -0.1) is 10.2 Å². The van der Waals surface area contributed by atoms with Crippen LogP contribution in [0.4, 0.5) is 0 Å². The predicted molar refractivity (Wildman–Crippen MR) is 85.6 cm³/mol. The van der Waals surface area contributed by atoms with Crippen molar-refractivity contribution in [2.45, 2.75) is 17.5 Å². The van der Waals surface area contributed by atoms with E-state index in [1.807, 2.05) is 6.07 Å². The van der Waals surface area contributed by atoms with Crippen molar-refractivity contribution in [3.63, 3.8) is 0 Å². The van der Waals surface area contributed by atoms with Gasteiger partial charge >= 0.3 is 0 Å². The number of pyridine rings is 1. The number of benzene rings is 1. The van der Waals surface area contributed by atoms with E-state index in [0.717, 1.165) is 11.8 Å². The molecule has 0 radical (unpaired) electrons. The Kier molecular flexibility index (Phi) is 4.36. The third-order valence-electron chi connectivity index (χ3n) is 3.40. The van der Waals surface area contributed by atoms with E-state index in [4.69, 9.17) is 0 Å². The molecule has 0 aliphatic rings. The number of hydrogen-bond donors (Lipinski definition) is 1. The van der Waals surface area contributed by atoms with E-state index in [1.165, 1.54) is 16.9 Å². The van der Waals surface area contributed by atoms with E-state index in [1.54, 1.807) is 30.6 Å². The van der Waals surface area contributed by atoms with Crippen LogP contribution in [0.2, 0.25) is 0 Å². The van der Waals surface area contributed by atoms with Crippen molar-refractivity contribution >= 4 is 9.84 Å². The molecule has 0 spiro atoms. The Morgan fingerprint density at radius 1 is 1.21 bits per heavy atom. The van der Waals surface area contributed by atoms with Crippen molar-refractivity contribution in [2.24, 2.45) is 0 Å². The van der Waals surface area contributed by atoms with Crippen LogP contribution in [0.3, 0.4) is 0 Å². The first-order valence-corrected chi connectivity index (χ1v) is 8.99. The van der Waals surface area contributed by atoms with Gasteiger partial charge in [0.05, 0.1) is 11.4 Å². The summed E-state index contributed by atoms with van der Waals surface area (Å²) in [6.45, 7) is 0.103. The number of aliphatic hydroxyl groups is 1. The quantitative estimate of drug-likeness (QED) is 0.730. The van der Waals surface area contributed by atoms with Gasteiger partial charge in [-0.2, -0.15) is 4.80 Å². The van der Waals surface area contributed by atoms with E-state index in [2.05, 4.69) is 20.4 Å². The molecular weight excluding hydrogens is 330 g/mol. The molecular formula is C15H15N5O3S. The minimum atomic E-state index is -3.26. The monoisotopic (exact) mass is 345 g/mol. The van der Waals surface area contributed by atoms with Gasteiger partial charge in [-0.3, -0.25) is 4.98 Å². The maximum Gasteiger partial charge on any atom is 0.206 e. The molecule has 2 heterocycles. The summed E-state index contributed by atoms with van der Waals surface area (Å²) in [6.07, 6.45) is 3.53. The Morgan fingerprint density at radius 3 is 2.58 bits per heavy atom.